The molecule has 1 aliphatic rings. The van der Waals surface area contributed by atoms with Crippen molar-refractivity contribution in [2.45, 2.75) is 33.1 Å². The van der Waals surface area contributed by atoms with Crippen LogP contribution in [-0.2, 0) is 0 Å². The summed E-state index contributed by atoms with van der Waals surface area (Å²) in [6, 6.07) is 1.89. The van der Waals surface area contributed by atoms with Crippen LogP contribution in [-0.4, -0.2) is 36.9 Å². The molecular weight excluding hydrogens is 270 g/mol. The summed E-state index contributed by atoms with van der Waals surface area (Å²) in [4.78, 5) is 15.2. The Kier molecular flexibility index (Phi) is 5.43. The topological polar surface area (TPSA) is 58.4 Å². The standard InChI is InChI=1S/C15H25N3OS/c1-11(2)14(19)15-12(16)10-13(20-15)17-6-9-18-7-4-3-5-8-18/h10-11,17H,3-9,16H2,1-2H3. The van der Waals surface area contributed by atoms with Crippen LogP contribution in [0.2, 0.25) is 0 Å². The van der Waals surface area contributed by atoms with Crippen LogP contribution in [0.5, 0.6) is 0 Å². The van der Waals surface area contributed by atoms with E-state index in [0.717, 1.165) is 18.1 Å². The number of carbonyl (C=O) groups is 1. The van der Waals surface area contributed by atoms with E-state index in [1.165, 1.54) is 43.7 Å². The minimum atomic E-state index is -0.00264. The van der Waals surface area contributed by atoms with Gasteiger partial charge in [0.2, 0.25) is 0 Å². The number of nitrogens with one attached hydrogen (secondary N) is 1. The van der Waals surface area contributed by atoms with Gasteiger partial charge in [0, 0.05) is 19.0 Å². The normalized spacial score (nSPS) is 16.6. The van der Waals surface area contributed by atoms with Crippen LogP contribution in [0.1, 0.15) is 42.8 Å². The lowest BCUT2D eigenvalue weighted by Gasteiger charge is -2.26. The van der Waals surface area contributed by atoms with Gasteiger partial charge in [-0.05, 0) is 32.0 Å². The Morgan fingerprint density at radius 1 is 1.40 bits per heavy atom. The lowest BCUT2D eigenvalue weighted by molar-refractivity contribution is 0.0944. The quantitative estimate of drug-likeness (QED) is 0.792. The van der Waals surface area contributed by atoms with Crippen molar-refractivity contribution in [3.8, 4) is 0 Å². The molecule has 2 heterocycles. The predicted octanol–water partition coefficient (Wildman–Crippen LogP) is 3.07. The summed E-state index contributed by atoms with van der Waals surface area (Å²) in [7, 11) is 0. The Labute approximate surface area is 125 Å². The molecule has 0 spiro atoms. The lowest BCUT2D eigenvalue weighted by Crippen LogP contribution is -2.33. The zero-order valence-corrected chi connectivity index (χ0v) is 13.3. The first-order valence-corrected chi connectivity index (χ1v) is 8.29. The number of carbonyl (C=O) groups excluding carboxylic acids is 1. The fraction of sp³-hybridized carbons (Fsp3) is 0.667. The Balaban J connectivity index is 1.84. The maximum atomic E-state index is 12.0. The molecular formula is C15H25N3OS. The third-order valence-electron chi connectivity index (χ3n) is 3.68. The van der Waals surface area contributed by atoms with Gasteiger partial charge in [-0.15, -0.1) is 11.3 Å². The predicted molar refractivity (Wildman–Crippen MR) is 86.7 cm³/mol. The highest BCUT2D eigenvalue weighted by molar-refractivity contribution is 7.18. The van der Waals surface area contributed by atoms with Crippen LogP contribution < -0.4 is 11.1 Å². The van der Waals surface area contributed by atoms with Gasteiger partial charge in [-0.25, -0.2) is 0 Å². The Morgan fingerprint density at radius 2 is 2.10 bits per heavy atom. The number of likely N-dealkylation sites (tertiary alicyclic amines) is 1. The fourth-order valence-corrected chi connectivity index (χ4v) is 3.56. The van der Waals surface area contributed by atoms with Gasteiger partial charge in [0.05, 0.1) is 15.6 Å². The van der Waals surface area contributed by atoms with Crippen molar-refractivity contribution in [2.24, 2.45) is 5.92 Å². The summed E-state index contributed by atoms with van der Waals surface area (Å²) < 4.78 is 0. The smallest absolute Gasteiger partial charge is 0.177 e. The number of nitrogen functional groups attached to an aromatic ring is 1. The lowest BCUT2D eigenvalue weighted by atomic mass is 10.1. The first kappa shape index (κ1) is 15.3. The molecule has 0 radical (unpaired) electrons. The number of nitrogens with two attached hydrogens (primary N) is 1. The second-order valence-electron chi connectivity index (χ2n) is 5.74. The first-order chi connectivity index (χ1) is 9.58. The second-order valence-corrected chi connectivity index (χ2v) is 6.80. The third-order valence-corrected chi connectivity index (χ3v) is 4.81. The van der Waals surface area contributed by atoms with E-state index >= 15 is 0 Å². The van der Waals surface area contributed by atoms with E-state index in [-0.39, 0.29) is 11.7 Å². The average molecular weight is 295 g/mol. The zero-order valence-electron chi connectivity index (χ0n) is 12.4. The van der Waals surface area contributed by atoms with Gasteiger partial charge in [0.25, 0.3) is 0 Å². The number of hydrogen-bond acceptors (Lipinski definition) is 5. The monoisotopic (exact) mass is 295 g/mol. The molecule has 112 valence electrons. The van der Waals surface area contributed by atoms with Gasteiger partial charge in [-0.2, -0.15) is 0 Å². The summed E-state index contributed by atoms with van der Waals surface area (Å²) in [6.07, 6.45) is 4.00. The molecule has 1 aromatic rings. The van der Waals surface area contributed by atoms with Crippen molar-refractivity contribution in [2.75, 3.05) is 37.2 Å². The number of rotatable bonds is 6. The van der Waals surface area contributed by atoms with Gasteiger partial charge in [-0.1, -0.05) is 20.3 Å². The Hall–Kier alpha value is -1.07. The number of Topliss-reactive ketones (excluding diaryl/α,β-unsaturated/α-hetero) is 1. The largest absolute Gasteiger partial charge is 0.397 e. The number of nitrogens with zero attached hydrogens (tertiary/aromatic N) is 1. The molecule has 0 amide bonds. The molecule has 0 bridgehead atoms. The van der Waals surface area contributed by atoms with E-state index in [1.54, 1.807) is 0 Å². The molecule has 1 aliphatic heterocycles. The van der Waals surface area contributed by atoms with Crippen molar-refractivity contribution in [1.82, 2.24) is 4.90 Å². The summed E-state index contributed by atoms with van der Waals surface area (Å²) in [5, 5.41) is 4.39. The van der Waals surface area contributed by atoms with Crippen molar-refractivity contribution in [3.05, 3.63) is 10.9 Å². The van der Waals surface area contributed by atoms with E-state index in [9.17, 15) is 4.79 Å². The van der Waals surface area contributed by atoms with Crippen LogP contribution in [0, 0.1) is 5.92 Å². The Morgan fingerprint density at radius 3 is 2.75 bits per heavy atom. The molecule has 2 rings (SSSR count). The van der Waals surface area contributed by atoms with E-state index < -0.39 is 0 Å². The number of ketones is 1. The summed E-state index contributed by atoms with van der Waals surface area (Å²) in [6.45, 7) is 8.22. The molecule has 0 aliphatic carbocycles. The van der Waals surface area contributed by atoms with E-state index in [1.807, 2.05) is 19.9 Å². The first-order valence-electron chi connectivity index (χ1n) is 7.47. The minimum Gasteiger partial charge on any atom is -0.397 e. The zero-order chi connectivity index (χ0) is 14.5. The molecule has 20 heavy (non-hydrogen) atoms. The highest BCUT2D eigenvalue weighted by Gasteiger charge is 2.17. The van der Waals surface area contributed by atoms with Crippen molar-refractivity contribution in [1.29, 1.82) is 0 Å². The van der Waals surface area contributed by atoms with E-state index in [2.05, 4.69) is 10.2 Å². The molecule has 0 unspecified atom stereocenters. The van der Waals surface area contributed by atoms with E-state index in [0.29, 0.717) is 10.6 Å². The second kappa shape index (κ2) is 7.09. The molecule has 1 fully saturated rings. The van der Waals surface area contributed by atoms with Gasteiger partial charge < -0.3 is 16.0 Å². The van der Waals surface area contributed by atoms with Crippen molar-refractivity contribution in [3.63, 3.8) is 0 Å². The summed E-state index contributed by atoms with van der Waals surface area (Å²) in [5.74, 6) is 0.133. The highest BCUT2D eigenvalue weighted by Crippen LogP contribution is 2.31. The number of hydrogen-bond donors (Lipinski definition) is 2. The van der Waals surface area contributed by atoms with Crippen LogP contribution in [0.25, 0.3) is 0 Å². The highest BCUT2D eigenvalue weighted by atomic mass is 32.1. The van der Waals surface area contributed by atoms with Crippen molar-refractivity contribution >= 4 is 27.8 Å². The minimum absolute atomic E-state index is 0.00264. The molecule has 1 saturated heterocycles. The molecule has 0 aromatic carbocycles. The maximum Gasteiger partial charge on any atom is 0.177 e. The Bertz CT molecular complexity index is 450. The molecule has 1 aromatic heterocycles. The van der Waals surface area contributed by atoms with Crippen molar-refractivity contribution < 1.29 is 4.79 Å². The molecule has 3 N–H and O–H groups in total. The van der Waals surface area contributed by atoms with Gasteiger partial charge >= 0.3 is 0 Å². The third kappa shape index (κ3) is 3.96. The van der Waals surface area contributed by atoms with Gasteiger partial charge in [0.15, 0.2) is 5.78 Å². The average Bonchev–Trinajstić information content (AvgIpc) is 2.80. The summed E-state index contributed by atoms with van der Waals surface area (Å²) >= 11 is 1.48. The molecule has 0 saturated carbocycles. The van der Waals surface area contributed by atoms with Gasteiger partial charge in [-0.3, -0.25) is 4.79 Å². The number of piperidine rings is 1. The molecule has 0 atom stereocenters. The van der Waals surface area contributed by atoms with Gasteiger partial charge in [0.1, 0.15) is 0 Å². The number of thiophene rings is 1. The maximum absolute atomic E-state index is 12.0. The van der Waals surface area contributed by atoms with Crippen LogP contribution in [0.4, 0.5) is 10.7 Å². The molecule has 4 nitrogen and oxygen atoms in total. The van der Waals surface area contributed by atoms with Crippen LogP contribution >= 0.6 is 11.3 Å². The fourth-order valence-electron chi connectivity index (χ4n) is 2.47. The number of anilines is 2. The van der Waals surface area contributed by atoms with E-state index in [4.69, 9.17) is 5.73 Å². The molecule has 5 heteroatoms. The van der Waals surface area contributed by atoms with Crippen LogP contribution in [0.15, 0.2) is 6.07 Å². The SMILES string of the molecule is CC(C)C(=O)c1sc(NCCN2CCCCC2)cc1N. The summed E-state index contributed by atoms with van der Waals surface area (Å²) in [5.41, 5.74) is 6.54. The van der Waals surface area contributed by atoms with Crippen LogP contribution in [0.3, 0.4) is 0 Å².